The molecule has 2 aromatic rings. The molecule has 2 unspecified atom stereocenters. The second-order valence-electron chi connectivity index (χ2n) is 13.7. The van der Waals surface area contributed by atoms with E-state index in [2.05, 4.69) is 20.5 Å². The molecule has 3 amide bonds. The summed E-state index contributed by atoms with van der Waals surface area (Å²) in [5, 5.41) is 17.3. The first-order chi connectivity index (χ1) is 23.8. The Hall–Kier alpha value is -3.84. The van der Waals surface area contributed by atoms with E-state index in [0.717, 1.165) is 42.7 Å². The van der Waals surface area contributed by atoms with Gasteiger partial charge < -0.3 is 25.4 Å². The molecule has 13 heteroatoms. The fourth-order valence-corrected chi connectivity index (χ4v) is 7.24. The van der Waals surface area contributed by atoms with E-state index in [4.69, 9.17) is 4.74 Å². The number of rotatable bonds is 18. The molecule has 1 aliphatic rings. The number of likely N-dealkylation sites (N-methyl/N-ethyl adjacent to an activating group) is 1. The average molecular weight is 714 g/mol. The van der Waals surface area contributed by atoms with Crippen LogP contribution in [0.15, 0.2) is 35.7 Å². The maximum absolute atomic E-state index is 14.5. The van der Waals surface area contributed by atoms with E-state index < -0.39 is 42.1 Å². The predicted octanol–water partition coefficient (Wildman–Crippen LogP) is 4.84. The summed E-state index contributed by atoms with van der Waals surface area (Å²) in [5.74, 6) is -2.85. The molecule has 1 saturated heterocycles. The first kappa shape index (κ1) is 40.6. The zero-order valence-corrected chi connectivity index (χ0v) is 31.3. The Morgan fingerprint density at radius 3 is 2.36 bits per heavy atom. The van der Waals surface area contributed by atoms with Crippen molar-refractivity contribution in [2.24, 2.45) is 11.8 Å². The van der Waals surface area contributed by atoms with E-state index in [1.807, 2.05) is 52.6 Å². The Labute approximate surface area is 300 Å². The number of carbonyl (C=O) groups is 5. The number of piperidine rings is 1. The molecule has 6 atom stereocenters. The minimum absolute atomic E-state index is 0.0104. The Morgan fingerprint density at radius 2 is 1.78 bits per heavy atom. The molecule has 50 heavy (non-hydrogen) atoms. The van der Waals surface area contributed by atoms with E-state index in [1.54, 1.807) is 24.3 Å². The molecule has 1 aromatic carbocycles. The van der Waals surface area contributed by atoms with Gasteiger partial charge in [0.2, 0.25) is 11.8 Å². The molecule has 0 aliphatic carbocycles. The summed E-state index contributed by atoms with van der Waals surface area (Å²) in [4.78, 5) is 73.9. The smallest absolute Gasteiger partial charge is 0.326 e. The number of nitrogens with one attached hydrogen (secondary N) is 2. The number of aromatic nitrogens is 1. The first-order valence-corrected chi connectivity index (χ1v) is 18.7. The number of carbonyl (C=O) groups excluding carboxylic acids is 4. The van der Waals surface area contributed by atoms with Crippen molar-refractivity contribution in [3.05, 3.63) is 52.0 Å². The third-order valence-electron chi connectivity index (χ3n) is 9.45. The average Bonchev–Trinajstić information content (AvgIpc) is 3.58. The number of likely N-dealkylation sites (tertiary alicyclic amines) is 1. The highest BCUT2D eigenvalue weighted by Crippen LogP contribution is 2.32. The first-order valence-electron chi connectivity index (χ1n) is 17.8. The number of aliphatic carboxylic acids is 1. The molecule has 0 spiro atoms. The molecule has 0 bridgehead atoms. The number of carboxylic acids is 1. The summed E-state index contributed by atoms with van der Waals surface area (Å²) < 4.78 is 5.77. The Bertz CT molecular complexity index is 1430. The normalized spacial score (nSPS) is 18.0. The molecule has 3 rings (SSSR count). The van der Waals surface area contributed by atoms with Gasteiger partial charge in [0.15, 0.2) is 6.10 Å². The predicted molar refractivity (Wildman–Crippen MR) is 193 cm³/mol. The molecule has 1 aromatic heterocycles. The van der Waals surface area contributed by atoms with Gasteiger partial charge in [-0.1, -0.05) is 77.8 Å². The van der Waals surface area contributed by atoms with Gasteiger partial charge in [-0.05, 0) is 50.3 Å². The molecule has 1 aliphatic heterocycles. The lowest BCUT2D eigenvalue weighted by molar-refractivity contribution is -0.149. The number of amides is 3. The van der Waals surface area contributed by atoms with Gasteiger partial charge in [-0.15, -0.1) is 11.3 Å². The molecular formula is C37H55N5O7S. The zero-order valence-electron chi connectivity index (χ0n) is 30.5. The van der Waals surface area contributed by atoms with Crippen LogP contribution in [0.2, 0.25) is 0 Å². The molecule has 1 fully saturated rings. The van der Waals surface area contributed by atoms with Crippen molar-refractivity contribution in [2.75, 3.05) is 20.1 Å². The van der Waals surface area contributed by atoms with Crippen LogP contribution in [0.3, 0.4) is 0 Å². The van der Waals surface area contributed by atoms with Crippen LogP contribution in [-0.2, 0) is 30.3 Å². The van der Waals surface area contributed by atoms with Crippen LogP contribution in [0, 0.1) is 11.8 Å². The van der Waals surface area contributed by atoms with Gasteiger partial charge in [-0.25, -0.2) is 9.78 Å². The zero-order chi connectivity index (χ0) is 37.0. The highest BCUT2D eigenvalue weighted by atomic mass is 32.1. The summed E-state index contributed by atoms with van der Waals surface area (Å²) in [7, 11) is 1.94. The van der Waals surface area contributed by atoms with Crippen LogP contribution >= 0.6 is 11.3 Å². The molecule has 0 saturated carbocycles. The third-order valence-corrected chi connectivity index (χ3v) is 10.4. The van der Waals surface area contributed by atoms with Gasteiger partial charge in [0.1, 0.15) is 22.8 Å². The summed E-state index contributed by atoms with van der Waals surface area (Å²) in [6, 6.07) is 6.44. The number of benzene rings is 1. The molecule has 0 radical (unpaired) electrons. The van der Waals surface area contributed by atoms with Gasteiger partial charge in [0.05, 0.1) is 6.04 Å². The Morgan fingerprint density at radius 1 is 1.08 bits per heavy atom. The largest absolute Gasteiger partial charge is 0.480 e. The van der Waals surface area contributed by atoms with E-state index in [0.29, 0.717) is 24.4 Å². The molecule has 12 nitrogen and oxygen atoms in total. The summed E-state index contributed by atoms with van der Waals surface area (Å²) in [6.45, 7) is 12.5. The van der Waals surface area contributed by atoms with Crippen molar-refractivity contribution in [3.8, 4) is 0 Å². The highest BCUT2D eigenvalue weighted by molar-refractivity contribution is 7.09. The Balaban J connectivity index is 1.86. The van der Waals surface area contributed by atoms with Gasteiger partial charge >= 0.3 is 11.9 Å². The quantitative estimate of drug-likeness (QED) is 0.184. The van der Waals surface area contributed by atoms with Gasteiger partial charge in [0, 0.05) is 37.7 Å². The maximum Gasteiger partial charge on any atom is 0.326 e. The standard InChI is InChI=1S/C37H55N5O7S/c1-8-18-42(36(46)32(24(5)9-2)40-34(45)29-17-13-14-19-41(29)7)30(23(3)4)21-31(49-25(6)43)35-39-28(22-50-35)33(44)38-27(37(47)48)20-26-15-11-10-12-16-26/h10-12,15-16,22-24,27,29-32H,8-9,13-14,17-21H2,1-7H3,(H,38,44)(H,40,45)(H,47,48)/t24?,27-,29?,30+,31+,32-/m0/s1. The number of carboxylic acid groups (broad SMARTS) is 1. The second kappa shape index (κ2) is 19.5. The minimum Gasteiger partial charge on any atom is -0.480 e. The van der Waals surface area contributed by atoms with E-state index in [1.165, 1.54) is 12.3 Å². The van der Waals surface area contributed by atoms with E-state index in [-0.39, 0.29) is 48.2 Å². The lowest BCUT2D eigenvalue weighted by Crippen LogP contribution is -2.58. The Kier molecular flexibility index (Phi) is 15.8. The SMILES string of the molecule is CCCN(C(=O)[C@@H](NC(=O)C1CCCCN1C)C(C)CC)[C@H](C[C@@H](OC(C)=O)c1nc(C(=O)N[C@@H](Cc2ccccc2)C(=O)O)cs1)C(C)C. The van der Waals surface area contributed by atoms with Crippen molar-refractivity contribution in [3.63, 3.8) is 0 Å². The molecular weight excluding hydrogens is 659 g/mol. The molecule has 2 heterocycles. The summed E-state index contributed by atoms with van der Waals surface area (Å²) in [6.07, 6.45) is 3.57. The van der Waals surface area contributed by atoms with Gasteiger partial charge in [0.25, 0.3) is 5.91 Å². The maximum atomic E-state index is 14.5. The van der Waals surface area contributed by atoms with Crippen LogP contribution in [0.4, 0.5) is 0 Å². The van der Waals surface area contributed by atoms with Crippen molar-refractivity contribution >= 4 is 41.0 Å². The summed E-state index contributed by atoms with van der Waals surface area (Å²) >= 11 is 1.13. The van der Waals surface area contributed by atoms with Crippen LogP contribution in [0.5, 0.6) is 0 Å². The topological polar surface area (TPSA) is 158 Å². The molecule has 276 valence electrons. The number of nitrogens with zero attached hydrogens (tertiary/aromatic N) is 3. The van der Waals surface area contributed by atoms with Crippen molar-refractivity contribution in [1.82, 2.24) is 25.4 Å². The second-order valence-corrected chi connectivity index (χ2v) is 14.6. The van der Waals surface area contributed by atoms with Crippen molar-refractivity contribution in [1.29, 1.82) is 0 Å². The van der Waals surface area contributed by atoms with Crippen molar-refractivity contribution < 1.29 is 33.8 Å². The van der Waals surface area contributed by atoms with Gasteiger partial charge in [-0.2, -0.15) is 0 Å². The number of hydrogen-bond acceptors (Lipinski definition) is 9. The van der Waals surface area contributed by atoms with Crippen LogP contribution < -0.4 is 10.6 Å². The fourth-order valence-electron chi connectivity index (χ4n) is 6.40. The number of esters is 1. The molecule has 3 N–H and O–H groups in total. The van der Waals surface area contributed by atoms with Crippen LogP contribution in [0.25, 0.3) is 0 Å². The number of thiazole rings is 1. The van der Waals surface area contributed by atoms with Gasteiger partial charge in [-0.3, -0.25) is 24.1 Å². The van der Waals surface area contributed by atoms with Crippen LogP contribution in [-0.4, -0.2) is 93.9 Å². The van der Waals surface area contributed by atoms with E-state index >= 15 is 0 Å². The van der Waals surface area contributed by atoms with Crippen LogP contribution in [0.1, 0.15) is 107 Å². The summed E-state index contributed by atoms with van der Waals surface area (Å²) in [5.41, 5.74) is 0.771. The van der Waals surface area contributed by atoms with Crippen molar-refractivity contribution in [2.45, 2.75) is 117 Å². The minimum atomic E-state index is -1.17. The third kappa shape index (κ3) is 11.3. The number of hydrogen-bond donors (Lipinski definition) is 3. The monoisotopic (exact) mass is 713 g/mol. The lowest BCUT2D eigenvalue weighted by Gasteiger charge is -2.40. The van der Waals surface area contributed by atoms with E-state index in [9.17, 15) is 29.1 Å². The number of ether oxygens (including phenoxy) is 1. The fraction of sp³-hybridized carbons (Fsp3) is 0.622. The lowest BCUT2D eigenvalue weighted by atomic mass is 9.92. The highest BCUT2D eigenvalue weighted by Gasteiger charge is 2.38.